The van der Waals surface area contributed by atoms with E-state index in [-0.39, 0.29) is 108 Å². The minimum absolute atomic E-state index is 0.00227. The molecule has 0 aromatic heterocycles. The fourth-order valence-corrected chi connectivity index (χ4v) is 21.3. The summed E-state index contributed by atoms with van der Waals surface area (Å²) in [5, 5.41) is 37.0. The van der Waals surface area contributed by atoms with Crippen molar-refractivity contribution in [1.82, 2.24) is 5.32 Å². The molecular formula is C101H111F6N7O27S7. The number of rotatable bonds is 48. The van der Waals surface area contributed by atoms with Crippen LogP contribution < -0.4 is 35.9 Å². The van der Waals surface area contributed by atoms with E-state index in [1.54, 1.807) is 84.9 Å². The van der Waals surface area contributed by atoms with Gasteiger partial charge < -0.3 is 49.8 Å². The first-order valence-electron chi connectivity index (χ1n) is 46.1. The van der Waals surface area contributed by atoms with Gasteiger partial charge in [0.25, 0.3) is 10.1 Å². The smallest absolute Gasteiger partial charge is 0.425 e. The van der Waals surface area contributed by atoms with Gasteiger partial charge in [0.15, 0.2) is 60.2 Å². The SMILES string of the molecule is CC1(C)C(=CC=C2CCCC(C=CC3=[N+](CCCCS(=O)(=O)O)c4ccccc4C3(C)C)=C2Oc2ccc(C[C@H](CC(=O)CCOCCOCCNC(=O)CCS(=O)(=O)c3c(F)c(F)c(S(N)(=O)=O)c(F)c3NC(c3ccccc3)c3ccccc3)C(=O)O)cc2)N(CCCCS(=O)(=O)[O-])c2ccccc21.NS(=O)(=O)c1c(F)c(F)c(CCCC(=O)O)c(NCC(c2ccccc2)c2ccccc2)c1F.O=S(=O)=O.O=S(=O)=O. The third kappa shape index (κ3) is 33.9. The second-order valence-electron chi connectivity index (χ2n) is 35.3. The minimum atomic E-state index is -5.30. The number of aliphatic carboxylic acids is 2. The number of benzene rings is 9. The van der Waals surface area contributed by atoms with Crippen LogP contribution in [0.4, 0.5) is 49.1 Å². The summed E-state index contributed by atoms with van der Waals surface area (Å²) in [7, 11) is -30.1. The number of nitrogens with one attached hydrogen (secondary N) is 3. The van der Waals surface area contributed by atoms with Crippen molar-refractivity contribution in [3.63, 3.8) is 0 Å². The van der Waals surface area contributed by atoms with E-state index < -0.39 is 196 Å². The molecule has 9 aromatic rings. The number of carbonyl (C=O) groups is 4. The van der Waals surface area contributed by atoms with E-state index in [0.717, 1.165) is 62.6 Å². The van der Waals surface area contributed by atoms with Crippen LogP contribution in [-0.4, -0.2) is 190 Å². The zero-order chi connectivity index (χ0) is 109. The molecule has 0 spiro atoms. The zero-order valence-electron chi connectivity index (χ0n) is 80.5. The molecule has 2 heterocycles. The van der Waals surface area contributed by atoms with E-state index >= 15 is 17.6 Å². The second-order valence-corrected chi connectivity index (χ2v) is 44.3. The van der Waals surface area contributed by atoms with Crippen molar-refractivity contribution in [2.45, 2.75) is 155 Å². The van der Waals surface area contributed by atoms with Crippen LogP contribution in [0.3, 0.4) is 0 Å². The number of carboxylic acids is 2. The Morgan fingerprint density at radius 2 is 1.06 bits per heavy atom. The molecule has 34 nitrogen and oxygen atoms in total. The molecule has 47 heteroatoms. The predicted octanol–water partition coefficient (Wildman–Crippen LogP) is 14.0. The first-order valence-corrected chi connectivity index (χ1v) is 56.1. The third-order valence-corrected chi connectivity index (χ3v) is 29.5. The lowest BCUT2D eigenvalue weighted by Gasteiger charge is -2.28. The van der Waals surface area contributed by atoms with Gasteiger partial charge in [-0.15, -0.1) is 25.3 Å². The number of sulfonamides is 2. The summed E-state index contributed by atoms with van der Waals surface area (Å²) in [5.74, 6) is -17.6. The average molecular weight is 2190 g/mol. The quantitative estimate of drug-likeness (QED) is 0.00577. The van der Waals surface area contributed by atoms with E-state index in [0.29, 0.717) is 67.0 Å². The Labute approximate surface area is 856 Å². The molecule has 1 amide bonds. The van der Waals surface area contributed by atoms with Gasteiger partial charge in [-0.25, -0.2) is 70.3 Å². The lowest BCUT2D eigenvalue weighted by Crippen LogP contribution is -2.30. The van der Waals surface area contributed by atoms with E-state index in [1.165, 1.54) is 0 Å². The fourth-order valence-electron chi connectivity index (χ4n) is 17.3. The first-order chi connectivity index (χ1) is 69.7. The number of allylic oxidation sites excluding steroid dienone is 7. The number of hydrogen-bond donors (Lipinski definition) is 8. The molecule has 0 bridgehead atoms. The van der Waals surface area contributed by atoms with Gasteiger partial charge in [-0.2, -0.15) is 13.0 Å². The number of sulfone groups is 1. The number of fused-ring (bicyclic) bond motifs is 2. The Morgan fingerprint density at radius 3 is 1.61 bits per heavy atom. The predicted molar refractivity (Wildman–Crippen MR) is 536 cm³/mol. The van der Waals surface area contributed by atoms with Crippen LogP contribution in [0.2, 0.25) is 0 Å². The summed E-state index contributed by atoms with van der Waals surface area (Å²) < 4.78 is 307. The number of unbranched alkanes of at least 4 members (excludes halogenated alkanes) is 2. The normalized spacial score (nSPS) is 14.6. The Bertz CT molecular complexity index is 7210. The number of para-hydroxylation sites is 2. The molecular weight excluding hydrogens is 2080 g/mol. The monoisotopic (exact) mass is 2190 g/mol. The molecule has 0 fully saturated rings. The van der Waals surface area contributed by atoms with Crippen molar-refractivity contribution < 1.29 is 151 Å². The van der Waals surface area contributed by atoms with Crippen molar-refractivity contribution in [2.75, 3.05) is 85.4 Å². The number of primary sulfonamides is 2. The molecule has 1 atom stereocenters. The number of anilines is 3. The van der Waals surface area contributed by atoms with E-state index in [4.69, 9.17) is 54.8 Å². The lowest BCUT2D eigenvalue weighted by atomic mass is 9.81. The number of nitrogens with zero attached hydrogens (tertiary/aromatic N) is 2. The van der Waals surface area contributed by atoms with Crippen LogP contribution in [0.15, 0.2) is 256 Å². The van der Waals surface area contributed by atoms with Gasteiger partial charge in [0.2, 0.25) is 31.6 Å². The number of hydrogen-bond acceptors (Lipinski definition) is 27. The van der Waals surface area contributed by atoms with Crippen LogP contribution in [0.25, 0.3) is 0 Å². The highest BCUT2D eigenvalue weighted by atomic mass is 32.2. The number of carboxylic acid groups (broad SMARTS) is 2. The van der Waals surface area contributed by atoms with Crippen LogP contribution in [-0.2, 0) is 124 Å². The standard InChI is InChI=1S/C77H88F3N5O17S4.C24H23F3N2O4S.2O3S/c1-76(2)60-26-11-13-28-62(60)84(41-15-17-47-104(92,93)94)64(76)36-32-55-24-19-25-56(33-37-65-77(3,4)61-27-12-14-29-63(61)85(65)42-16-18-48-105(95,96)97)72(55)102-59-34-30-52(31-35-59)50-57(75(88)89)51-58(86)38-43-100-45-46-101-44-40-82-66(87)39-49-103(90,91)74-68(79)67(78)73(106(81,98)99)69(80)71(74)83-70(53-20-7-5-8-21-53)54-22-9-6-10-23-54;25-20-17(12-7-13-19(30)31)23(22(27)24(21(20)26)34(28,32)33)29-14-18(15-8-3-1-4-9-15)16-10-5-2-6-11-16;2*1-4(2)3/h5-14,20-23,26-37,57,70,83H,15-19,24-25,38-51H2,1-4H3,(H5-,81,82,87,88,89,92,93,94,95,96,97,98,99);1-6,8-11,18,29H,7,12-14H2,(H,30,31)(H2,28,32,33);;/t57-;;;/m1.../s1. The first kappa shape index (κ1) is 119. The van der Waals surface area contributed by atoms with Gasteiger partial charge in [0, 0.05) is 103 Å². The Kier molecular flexibility index (Phi) is 43.3. The summed E-state index contributed by atoms with van der Waals surface area (Å²) >= 11 is 0. The third-order valence-electron chi connectivity index (χ3n) is 24.3. The molecule has 0 unspecified atom stereocenters. The average Bonchev–Trinajstić information content (AvgIpc) is 1.09. The summed E-state index contributed by atoms with van der Waals surface area (Å²) in [6, 6.07) is 56.4. The van der Waals surface area contributed by atoms with Gasteiger partial charge >= 0.3 is 33.2 Å². The van der Waals surface area contributed by atoms with Crippen molar-refractivity contribution in [1.29, 1.82) is 0 Å². The molecule has 9 aromatic carbocycles. The Balaban J connectivity index is 0.000000479. The summed E-state index contributed by atoms with van der Waals surface area (Å²) in [4.78, 5) is 46.8. The van der Waals surface area contributed by atoms with E-state index in [2.05, 4.69) is 89.6 Å². The summed E-state index contributed by atoms with van der Waals surface area (Å²) in [6.45, 7) is 9.17. The molecule has 148 heavy (non-hydrogen) atoms. The van der Waals surface area contributed by atoms with Crippen LogP contribution in [0, 0.1) is 40.8 Å². The van der Waals surface area contributed by atoms with E-state index in [9.17, 15) is 84.3 Å². The number of amides is 1. The van der Waals surface area contributed by atoms with Crippen LogP contribution in [0.1, 0.15) is 161 Å². The van der Waals surface area contributed by atoms with Gasteiger partial charge in [0.1, 0.15) is 28.7 Å². The van der Waals surface area contributed by atoms with E-state index in [1.807, 2.05) is 97.1 Å². The Morgan fingerprint density at radius 1 is 0.547 bits per heavy atom. The highest BCUT2D eigenvalue weighted by Gasteiger charge is 2.46. The topological polar surface area (TPSA) is 547 Å². The highest BCUT2D eigenvalue weighted by Crippen LogP contribution is 2.49. The maximum absolute atomic E-state index is 16.2. The molecule has 10 N–H and O–H groups in total. The Hall–Kier alpha value is -12.8. The number of halogens is 6. The number of ketones is 1. The molecule has 0 saturated heterocycles. The number of Topliss-reactive ketones (excluding diaryl/α,β-unsaturated/α-hetero) is 1. The van der Waals surface area contributed by atoms with Crippen molar-refractivity contribution in [3.05, 3.63) is 320 Å². The van der Waals surface area contributed by atoms with Gasteiger partial charge in [-0.3, -0.25) is 23.7 Å². The molecule has 796 valence electrons. The fraction of sp³-hybridized carbons (Fsp3) is 0.337. The largest absolute Gasteiger partial charge is 0.748 e. The zero-order valence-corrected chi connectivity index (χ0v) is 86.2. The number of carbonyl (C=O) groups excluding carboxylic acids is 2. The maximum atomic E-state index is 16.2. The maximum Gasteiger partial charge on any atom is 0.425 e. The molecule has 1 aliphatic carbocycles. The molecule has 3 aliphatic rings. The van der Waals surface area contributed by atoms with Crippen molar-refractivity contribution in [2.24, 2.45) is 16.2 Å². The molecule has 0 saturated carbocycles. The van der Waals surface area contributed by atoms with Crippen molar-refractivity contribution in [3.8, 4) is 5.75 Å². The second kappa shape index (κ2) is 53.9. The summed E-state index contributed by atoms with van der Waals surface area (Å²) in [5.41, 5.74) is 7.82. The highest BCUT2D eigenvalue weighted by molar-refractivity contribution is 7.91. The molecule has 2 aliphatic heterocycles. The molecule has 12 rings (SSSR count). The molecule has 0 radical (unpaired) electrons. The van der Waals surface area contributed by atoms with Crippen LogP contribution >= 0.6 is 0 Å². The number of nitrogens with two attached hydrogens (primary N) is 2. The van der Waals surface area contributed by atoms with Gasteiger partial charge in [0.05, 0.1) is 76.8 Å². The van der Waals surface area contributed by atoms with Gasteiger partial charge in [-0.1, -0.05) is 190 Å². The van der Waals surface area contributed by atoms with Crippen molar-refractivity contribution >= 4 is 123 Å². The van der Waals surface area contributed by atoms with Crippen LogP contribution in [0.5, 0.6) is 5.75 Å². The summed E-state index contributed by atoms with van der Waals surface area (Å²) in [6.07, 6.45) is 9.72. The number of ether oxygens (including phenoxy) is 3. The minimum Gasteiger partial charge on any atom is -0.748 e. The lowest BCUT2D eigenvalue weighted by molar-refractivity contribution is -0.438. The van der Waals surface area contributed by atoms with Gasteiger partial charge in [-0.05, 0) is 147 Å².